The van der Waals surface area contributed by atoms with E-state index in [1.807, 2.05) is 48.5 Å². The van der Waals surface area contributed by atoms with E-state index in [0.717, 1.165) is 28.3 Å². The fraction of sp³-hybridized carbons (Fsp3) is 0.179. The van der Waals surface area contributed by atoms with Crippen LogP contribution in [0.5, 0.6) is 0 Å². The van der Waals surface area contributed by atoms with Gasteiger partial charge in [0.15, 0.2) is 0 Å². The van der Waals surface area contributed by atoms with Gasteiger partial charge in [-0.3, -0.25) is 19.2 Å². The molecule has 0 saturated carbocycles. The summed E-state index contributed by atoms with van der Waals surface area (Å²) in [4.78, 5) is 76.1. The van der Waals surface area contributed by atoms with Crippen LogP contribution in [0.1, 0.15) is 34.6 Å². The molecule has 1 aromatic heterocycles. The monoisotopic (exact) mass is 701 g/mol. The van der Waals surface area contributed by atoms with Gasteiger partial charge in [0.2, 0.25) is 23.6 Å². The molecular formula is C39H35N5O8. The van der Waals surface area contributed by atoms with Crippen molar-refractivity contribution in [1.82, 2.24) is 10.6 Å². The van der Waals surface area contributed by atoms with E-state index in [2.05, 4.69) is 16.0 Å². The molecule has 0 unspecified atom stereocenters. The largest absolute Gasteiger partial charge is 0.449 e. The minimum absolute atomic E-state index is 0.0160. The minimum atomic E-state index is -1.45. The molecule has 0 bridgehead atoms. The molecule has 0 spiro atoms. The molecule has 7 N–H and O–H groups in total. The Balaban J connectivity index is 1.17. The number of carbonyl (C=O) groups is 5. The Labute approximate surface area is 297 Å². The molecular weight excluding hydrogens is 666 g/mol. The van der Waals surface area contributed by atoms with Crippen LogP contribution in [-0.4, -0.2) is 48.4 Å². The van der Waals surface area contributed by atoms with Gasteiger partial charge >= 0.3 is 11.7 Å². The fourth-order valence-corrected chi connectivity index (χ4v) is 6.40. The predicted octanol–water partition coefficient (Wildman–Crippen LogP) is 3.27. The van der Waals surface area contributed by atoms with Gasteiger partial charge in [0.1, 0.15) is 24.3 Å². The van der Waals surface area contributed by atoms with Crippen LogP contribution in [0.3, 0.4) is 0 Å². The number of rotatable bonds is 13. The lowest BCUT2D eigenvalue weighted by Crippen LogP contribution is -2.54. The second kappa shape index (κ2) is 15.4. The van der Waals surface area contributed by atoms with Crippen molar-refractivity contribution >= 4 is 46.4 Å². The quantitative estimate of drug-likeness (QED) is 0.115. The smallest absolute Gasteiger partial charge is 0.407 e. The molecule has 13 nitrogen and oxygen atoms in total. The third-order valence-corrected chi connectivity index (χ3v) is 8.74. The van der Waals surface area contributed by atoms with Crippen LogP contribution in [0.2, 0.25) is 0 Å². The van der Waals surface area contributed by atoms with Crippen molar-refractivity contribution < 1.29 is 33.1 Å². The summed E-state index contributed by atoms with van der Waals surface area (Å²) in [5.74, 6) is -3.29. The van der Waals surface area contributed by atoms with Crippen molar-refractivity contribution in [2.45, 2.75) is 37.3 Å². The normalized spacial score (nSPS) is 12.9. The number of anilines is 1. The Kier molecular flexibility index (Phi) is 10.4. The van der Waals surface area contributed by atoms with E-state index >= 15 is 0 Å². The topological polar surface area (TPSA) is 213 Å². The Morgan fingerprint density at radius 2 is 1.38 bits per heavy atom. The van der Waals surface area contributed by atoms with Gasteiger partial charge in [0.25, 0.3) is 0 Å². The Bertz CT molecular complexity index is 2190. The van der Waals surface area contributed by atoms with Crippen LogP contribution in [0, 0.1) is 0 Å². The molecule has 264 valence electrons. The van der Waals surface area contributed by atoms with Gasteiger partial charge in [-0.15, -0.1) is 0 Å². The number of hydrogen-bond acceptors (Lipinski definition) is 8. The number of primary amides is 2. The zero-order valence-corrected chi connectivity index (χ0v) is 27.8. The molecule has 13 heteroatoms. The number of amides is 5. The summed E-state index contributed by atoms with van der Waals surface area (Å²) >= 11 is 0. The maximum Gasteiger partial charge on any atom is 0.407 e. The summed E-state index contributed by atoms with van der Waals surface area (Å²) in [6.45, 7) is 0.0160. The summed E-state index contributed by atoms with van der Waals surface area (Å²) in [7, 11) is 0. The Morgan fingerprint density at radius 1 is 0.731 bits per heavy atom. The number of fused-ring (bicyclic) bond motifs is 4. The number of ether oxygens (including phenoxy) is 1. The van der Waals surface area contributed by atoms with Crippen LogP contribution >= 0.6 is 0 Å². The lowest BCUT2D eigenvalue weighted by atomic mass is 9.98. The molecule has 5 amide bonds. The second-order valence-corrected chi connectivity index (χ2v) is 12.4. The molecule has 52 heavy (non-hydrogen) atoms. The van der Waals surface area contributed by atoms with Crippen molar-refractivity contribution in [3.05, 3.63) is 136 Å². The molecule has 0 radical (unpaired) electrons. The summed E-state index contributed by atoms with van der Waals surface area (Å²) < 4.78 is 10.9. The van der Waals surface area contributed by atoms with Crippen molar-refractivity contribution in [3.8, 4) is 11.1 Å². The van der Waals surface area contributed by atoms with E-state index in [1.54, 1.807) is 30.3 Å². The average Bonchev–Trinajstić information content (AvgIpc) is 3.43. The Morgan fingerprint density at radius 3 is 2.04 bits per heavy atom. The molecule has 1 aliphatic rings. The first kappa shape index (κ1) is 35.1. The molecule has 1 heterocycles. The van der Waals surface area contributed by atoms with E-state index in [0.29, 0.717) is 16.5 Å². The number of benzene rings is 4. The van der Waals surface area contributed by atoms with E-state index < -0.39 is 53.9 Å². The third kappa shape index (κ3) is 8.16. The fourth-order valence-electron chi connectivity index (χ4n) is 6.40. The van der Waals surface area contributed by atoms with Gasteiger partial charge in [0.05, 0.1) is 12.8 Å². The number of carbonyl (C=O) groups excluding carboxylic acids is 5. The lowest BCUT2D eigenvalue weighted by Gasteiger charge is -2.23. The summed E-state index contributed by atoms with van der Waals surface area (Å²) in [5.41, 5.74) is 15.5. The number of nitrogens with two attached hydrogens (primary N) is 2. The van der Waals surface area contributed by atoms with Crippen LogP contribution < -0.4 is 33.0 Å². The lowest BCUT2D eigenvalue weighted by molar-refractivity contribution is -0.129. The highest BCUT2D eigenvalue weighted by atomic mass is 16.5. The molecule has 6 rings (SSSR count). The van der Waals surface area contributed by atoms with Gasteiger partial charge in [0, 0.05) is 35.5 Å². The molecule has 0 aliphatic heterocycles. The highest BCUT2D eigenvalue weighted by Crippen LogP contribution is 2.44. The minimum Gasteiger partial charge on any atom is -0.449 e. The molecule has 4 aromatic carbocycles. The molecule has 5 aromatic rings. The van der Waals surface area contributed by atoms with Crippen molar-refractivity contribution in [2.24, 2.45) is 11.5 Å². The highest BCUT2D eigenvalue weighted by Gasteiger charge is 2.31. The number of alkyl carbamates (subject to hydrolysis) is 1. The van der Waals surface area contributed by atoms with Crippen LogP contribution in [0.25, 0.3) is 22.1 Å². The molecule has 0 fully saturated rings. The van der Waals surface area contributed by atoms with Crippen molar-refractivity contribution in [3.63, 3.8) is 0 Å². The maximum atomic E-state index is 13.8. The summed E-state index contributed by atoms with van der Waals surface area (Å²) in [6.07, 6.45) is -1.57. The zero-order chi connectivity index (χ0) is 36.8. The average molecular weight is 702 g/mol. The molecule has 1 aliphatic carbocycles. The van der Waals surface area contributed by atoms with Gasteiger partial charge in [-0.25, -0.2) is 9.59 Å². The van der Waals surface area contributed by atoms with E-state index in [-0.39, 0.29) is 36.6 Å². The van der Waals surface area contributed by atoms with Crippen LogP contribution in [-0.2, 0) is 36.8 Å². The molecule has 2 atom stereocenters. The van der Waals surface area contributed by atoms with E-state index in [1.165, 1.54) is 18.2 Å². The predicted molar refractivity (Wildman–Crippen MR) is 192 cm³/mol. The number of hydrogen-bond donors (Lipinski definition) is 5. The number of nitrogens with one attached hydrogen (secondary N) is 3. The summed E-state index contributed by atoms with van der Waals surface area (Å²) in [5, 5.41) is 8.21. The van der Waals surface area contributed by atoms with Crippen LogP contribution in [0.15, 0.2) is 112 Å². The Hall–Kier alpha value is -6.76. The first-order chi connectivity index (χ1) is 25.0. The van der Waals surface area contributed by atoms with Gasteiger partial charge < -0.3 is 36.6 Å². The van der Waals surface area contributed by atoms with Gasteiger partial charge in [-0.1, -0.05) is 78.9 Å². The SMILES string of the molecule is NC(=O)Cc1cc(=O)oc2cc(NC(=O)[C@H](CC(N)=O)NC(=O)[C@H](Cc3ccccc3)NC(=O)OCC3c4ccccc4-c4ccccc43)ccc12. The first-order valence-corrected chi connectivity index (χ1v) is 16.5. The van der Waals surface area contributed by atoms with Crippen molar-refractivity contribution in [1.29, 1.82) is 0 Å². The standard InChI is InChI=1S/C39H35N5O8/c40-34(45)17-23-18-36(47)52-33-19-24(14-15-25(23)33)42-37(48)32(20-35(41)46)43-38(49)31(16-22-8-2-1-3-9-22)44-39(50)51-21-30-28-12-6-4-10-26(28)27-11-5-7-13-29(27)30/h1-15,18-19,30-32H,16-17,20-21H2,(H2,40,45)(H2,41,46)(H,42,48)(H,43,49)(H,44,50)/t31-,32-/m0/s1. The van der Waals surface area contributed by atoms with E-state index in [9.17, 15) is 28.8 Å². The first-order valence-electron chi connectivity index (χ1n) is 16.5. The molecule has 0 saturated heterocycles. The zero-order valence-electron chi connectivity index (χ0n) is 27.8. The summed E-state index contributed by atoms with van der Waals surface area (Å²) in [6, 6.07) is 27.6. The van der Waals surface area contributed by atoms with Gasteiger partial charge in [-0.2, -0.15) is 0 Å². The van der Waals surface area contributed by atoms with Crippen LogP contribution in [0.4, 0.5) is 10.5 Å². The second-order valence-electron chi connectivity index (χ2n) is 12.4. The maximum absolute atomic E-state index is 13.8. The third-order valence-electron chi connectivity index (χ3n) is 8.74. The van der Waals surface area contributed by atoms with E-state index in [4.69, 9.17) is 20.6 Å². The highest BCUT2D eigenvalue weighted by molar-refractivity contribution is 6.01. The van der Waals surface area contributed by atoms with Gasteiger partial charge in [-0.05, 0) is 45.5 Å². The van der Waals surface area contributed by atoms with Crippen molar-refractivity contribution in [2.75, 3.05) is 11.9 Å².